The zero-order chi connectivity index (χ0) is 27.7. The summed E-state index contributed by atoms with van der Waals surface area (Å²) in [6, 6.07) is 7.63. The van der Waals surface area contributed by atoms with Gasteiger partial charge in [0.2, 0.25) is 0 Å². The molecule has 2 aromatic carbocycles. The van der Waals surface area contributed by atoms with Gasteiger partial charge in [0, 0.05) is 24.3 Å². The maximum atomic E-state index is 15.5. The summed E-state index contributed by atoms with van der Waals surface area (Å²) in [5.74, 6) is -2.06. The van der Waals surface area contributed by atoms with Gasteiger partial charge in [-0.15, -0.1) is 0 Å². The zero-order valence-corrected chi connectivity index (χ0v) is 21.9. The molecule has 0 aliphatic carbocycles. The number of amides is 1. The van der Waals surface area contributed by atoms with Crippen LogP contribution in [-0.2, 0) is 13.1 Å². The lowest BCUT2D eigenvalue weighted by Crippen LogP contribution is -2.38. The van der Waals surface area contributed by atoms with Crippen molar-refractivity contribution in [2.45, 2.75) is 51.4 Å². The van der Waals surface area contributed by atoms with Crippen LogP contribution in [-0.4, -0.2) is 53.3 Å². The number of hydrogen-bond donors (Lipinski definition) is 2. The molecule has 1 amide bonds. The molecule has 0 bridgehead atoms. The number of aromatic nitrogens is 2. The molecule has 0 radical (unpaired) electrons. The van der Waals surface area contributed by atoms with Crippen molar-refractivity contribution in [3.05, 3.63) is 76.6 Å². The molecule has 11 heteroatoms. The summed E-state index contributed by atoms with van der Waals surface area (Å²) in [7, 11) is 2.04. The number of piperidine rings is 1. The first-order valence-electron chi connectivity index (χ1n) is 13.1. The summed E-state index contributed by atoms with van der Waals surface area (Å²) in [6.45, 7) is 4.80. The van der Waals surface area contributed by atoms with Crippen LogP contribution in [0.2, 0.25) is 0 Å². The average molecular weight is 545 g/mol. The summed E-state index contributed by atoms with van der Waals surface area (Å²) in [6.07, 6.45) is 0.392. The summed E-state index contributed by atoms with van der Waals surface area (Å²) in [5.41, 5.74) is 1.01. The lowest BCUT2D eigenvalue weighted by atomic mass is 10.0. The predicted octanol–water partition coefficient (Wildman–Crippen LogP) is 5.12. The van der Waals surface area contributed by atoms with Crippen molar-refractivity contribution >= 4 is 17.3 Å². The molecule has 0 saturated carbocycles. The molecule has 5 rings (SSSR count). The number of benzene rings is 2. The minimum absolute atomic E-state index is 0.0439. The van der Waals surface area contributed by atoms with Gasteiger partial charge in [-0.1, -0.05) is 18.2 Å². The Balaban J connectivity index is 1.45. The number of hydrogen-bond acceptors (Lipinski definition) is 5. The minimum Gasteiger partial charge on any atom is -0.381 e. The van der Waals surface area contributed by atoms with Crippen molar-refractivity contribution in [3.8, 4) is 0 Å². The van der Waals surface area contributed by atoms with Crippen molar-refractivity contribution in [2.24, 2.45) is 0 Å². The second-order valence-electron chi connectivity index (χ2n) is 10.3. The van der Waals surface area contributed by atoms with E-state index in [-0.39, 0.29) is 22.9 Å². The molecule has 1 atom stereocenters. The van der Waals surface area contributed by atoms with Gasteiger partial charge in [0.1, 0.15) is 11.6 Å². The maximum Gasteiger partial charge on any atom is 0.266 e. The number of carbonyl (C=O) groups excluding carboxylic acids is 1. The van der Waals surface area contributed by atoms with Gasteiger partial charge in [-0.3, -0.25) is 9.48 Å². The van der Waals surface area contributed by atoms with Gasteiger partial charge in [-0.25, -0.2) is 17.6 Å². The van der Waals surface area contributed by atoms with E-state index in [1.807, 2.05) is 22.7 Å². The van der Waals surface area contributed by atoms with Crippen LogP contribution in [0.1, 0.15) is 59.4 Å². The molecule has 208 valence electrons. The van der Waals surface area contributed by atoms with Crippen LogP contribution < -0.4 is 15.5 Å². The number of fused-ring (bicyclic) bond motifs is 1. The van der Waals surface area contributed by atoms with Gasteiger partial charge in [0.15, 0.2) is 0 Å². The van der Waals surface area contributed by atoms with Crippen LogP contribution in [0.3, 0.4) is 0 Å². The van der Waals surface area contributed by atoms with Crippen molar-refractivity contribution in [1.29, 1.82) is 0 Å². The van der Waals surface area contributed by atoms with E-state index in [0.717, 1.165) is 37.7 Å². The number of nitrogens with one attached hydrogen (secondary N) is 2. The fraction of sp³-hybridized carbons (Fsp3) is 0.429. The normalized spacial score (nSPS) is 17.3. The van der Waals surface area contributed by atoms with Crippen LogP contribution in [0.15, 0.2) is 42.6 Å². The Labute approximate surface area is 224 Å². The van der Waals surface area contributed by atoms with E-state index in [4.69, 9.17) is 0 Å². The van der Waals surface area contributed by atoms with Crippen molar-refractivity contribution in [2.75, 3.05) is 36.9 Å². The first-order valence-corrected chi connectivity index (χ1v) is 13.1. The number of nitrogens with zero attached hydrogens (tertiary/aromatic N) is 4. The summed E-state index contributed by atoms with van der Waals surface area (Å²) in [4.78, 5) is 17.7. The van der Waals surface area contributed by atoms with Crippen molar-refractivity contribution < 1.29 is 22.4 Å². The number of anilines is 2. The molecule has 2 N–H and O–H groups in total. The van der Waals surface area contributed by atoms with Crippen LogP contribution >= 0.6 is 0 Å². The molecule has 39 heavy (non-hydrogen) atoms. The quantitative estimate of drug-likeness (QED) is 0.405. The monoisotopic (exact) mass is 544 g/mol. The van der Waals surface area contributed by atoms with E-state index in [1.54, 1.807) is 6.20 Å². The highest BCUT2D eigenvalue weighted by Crippen LogP contribution is 2.32. The van der Waals surface area contributed by atoms with Crippen LogP contribution in [0.5, 0.6) is 0 Å². The Kier molecular flexibility index (Phi) is 7.79. The second-order valence-corrected chi connectivity index (χ2v) is 10.3. The minimum atomic E-state index is -2.97. The lowest BCUT2D eigenvalue weighted by Gasteiger charge is -2.32. The van der Waals surface area contributed by atoms with Gasteiger partial charge in [0.25, 0.3) is 12.3 Å². The SMILES string of the molecule is C[C@@H](NC(=O)c1cc(N2CCn3nccc3C2)c(F)cc1NC1CCN(C)CC1)c1cccc(C(F)F)c1F. The van der Waals surface area contributed by atoms with E-state index in [2.05, 4.69) is 20.6 Å². The molecule has 1 fully saturated rings. The highest BCUT2D eigenvalue weighted by molar-refractivity contribution is 6.01. The molecule has 1 saturated heterocycles. The zero-order valence-electron chi connectivity index (χ0n) is 21.9. The third-order valence-corrected chi connectivity index (χ3v) is 7.60. The highest BCUT2D eigenvalue weighted by atomic mass is 19.3. The van der Waals surface area contributed by atoms with E-state index < -0.39 is 35.6 Å². The Hall–Kier alpha value is -3.60. The topological polar surface area (TPSA) is 65.4 Å². The molecule has 2 aliphatic heterocycles. The van der Waals surface area contributed by atoms with E-state index in [0.29, 0.717) is 25.3 Å². The third-order valence-electron chi connectivity index (χ3n) is 7.60. The summed E-state index contributed by atoms with van der Waals surface area (Å²) in [5, 5.41) is 10.4. The largest absolute Gasteiger partial charge is 0.381 e. The molecule has 0 spiro atoms. The van der Waals surface area contributed by atoms with Crippen molar-refractivity contribution in [1.82, 2.24) is 20.0 Å². The second kappa shape index (κ2) is 11.3. The summed E-state index contributed by atoms with van der Waals surface area (Å²) < 4.78 is 58.7. The predicted molar refractivity (Wildman–Crippen MR) is 141 cm³/mol. The third kappa shape index (κ3) is 5.73. The molecular weight excluding hydrogens is 512 g/mol. The summed E-state index contributed by atoms with van der Waals surface area (Å²) >= 11 is 0. The Morgan fingerprint density at radius 3 is 2.54 bits per heavy atom. The fourth-order valence-electron chi connectivity index (χ4n) is 5.30. The first-order chi connectivity index (χ1) is 18.7. The molecule has 3 heterocycles. The molecule has 1 aromatic heterocycles. The Morgan fingerprint density at radius 1 is 1.05 bits per heavy atom. The van der Waals surface area contributed by atoms with Gasteiger partial charge in [0.05, 0.1) is 47.3 Å². The van der Waals surface area contributed by atoms with Gasteiger partial charge in [-0.05, 0) is 58.1 Å². The maximum absolute atomic E-state index is 15.5. The van der Waals surface area contributed by atoms with Gasteiger partial charge >= 0.3 is 0 Å². The van der Waals surface area contributed by atoms with E-state index in [9.17, 15) is 18.0 Å². The van der Waals surface area contributed by atoms with Crippen LogP contribution in [0.25, 0.3) is 0 Å². The number of likely N-dealkylation sites (tertiary alicyclic amines) is 1. The molecular formula is C28H32F4N6O. The molecule has 0 unspecified atom stereocenters. The number of rotatable bonds is 7. The molecule has 7 nitrogen and oxygen atoms in total. The first kappa shape index (κ1) is 27.0. The van der Waals surface area contributed by atoms with E-state index in [1.165, 1.54) is 31.2 Å². The lowest BCUT2D eigenvalue weighted by molar-refractivity contribution is 0.0940. The van der Waals surface area contributed by atoms with Gasteiger partial charge < -0.3 is 20.4 Å². The Morgan fingerprint density at radius 2 is 1.79 bits per heavy atom. The standard InChI is InChI=1S/C28H32F4N6O/c1-17(20-4-3-5-21(26(20)30)27(31)32)34-28(39)22-14-25(37-12-13-38-19(16-37)6-9-33-38)23(29)15-24(22)35-18-7-10-36(2)11-8-18/h3-6,9,14-15,17-18,27,35H,7-8,10-13,16H2,1-2H3,(H,34,39)/t17-/m1/s1. The van der Waals surface area contributed by atoms with Crippen LogP contribution in [0.4, 0.5) is 28.9 Å². The molecule has 2 aliphatic rings. The Bertz CT molecular complexity index is 1340. The fourth-order valence-corrected chi connectivity index (χ4v) is 5.30. The highest BCUT2D eigenvalue weighted by Gasteiger charge is 2.27. The van der Waals surface area contributed by atoms with Crippen molar-refractivity contribution in [3.63, 3.8) is 0 Å². The van der Waals surface area contributed by atoms with Gasteiger partial charge in [-0.2, -0.15) is 5.10 Å². The van der Waals surface area contributed by atoms with Crippen LogP contribution in [0, 0.1) is 11.6 Å². The number of carbonyl (C=O) groups is 1. The number of alkyl halides is 2. The molecule has 3 aromatic rings. The van der Waals surface area contributed by atoms with E-state index >= 15 is 4.39 Å². The smallest absolute Gasteiger partial charge is 0.266 e. The number of halogens is 4. The average Bonchev–Trinajstić information content (AvgIpc) is 3.38.